The molecule has 0 spiro atoms. The van der Waals surface area contributed by atoms with E-state index in [1.165, 1.54) is 11.8 Å². The standard InChI is InChI=1S/C12H14N2O2S2/c1-2-13-9(11(15)16)7-17-12-14-8-5-3-4-6-10(8)18-12/h3-6,9,13H,2,7H2,1H3,(H,15,16). The summed E-state index contributed by atoms with van der Waals surface area (Å²) in [5.74, 6) is -0.325. The van der Waals surface area contributed by atoms with Gasteiger partial charge in [0.2, 0.25) is 0 Å². The molecule has 4 nitrogen and oxygen atoms in total. The Morgan fingerprint density at radius 2 is 2.33 bits per heavy atom. The summed E-state index contributed by atoms with van der Waals surface area (Å²) in [5, 5.41) is 12.0. The van der Waals surface area contributed by atoms with Crippen molar-refractivity contribution >= 4 is 39.3 Å². The molecule has 2 N–H and O–H groups in total. The molecule has 0 aliphatic carbocycles. The van der Waals surface area contributed by atoms with Gasteiger partial charge >= 0.3 is 5.97 Å². The minimum atomic E-state index is -0.814. The van der Waals surface area contributed by atoms with Crippen LogP contribution < -0.4 is 5.32 Å². The van der Waals surface area contributed by atoms with Gasteiger partial charge in [0.05, 0.1) is 10.2 Å². The summed E-state index contributed by atoms with van der Waals surface area (Å²) in [4.78, 5) is 15.5. The van der Waals surface area contributed by atoms with Crippen molar-refractivity contribution in [2.24, 2.45) is 0 Å². The zero-order valence-electron chi connectivity index (χ0n) is 9.92. The maximum atomic E-state index is 11.0. The highest BCUT2D eigenvalue weighted by Crippen LogP contribution is 2.29. The lowest BCUT2D eigenvalue weighted by Crippen LogP contribution is -2.38. The summed E-state index contributed by atoms with van der Waals surface area (Å²) < 4.78 is 2.05. The van der Waals surface area contributed by atoms with Crippen LogP contribution in [0, 0.1) is 0 Å². The second-order valence-corrected chi connectivity index (χ2v) is 6.00. The second kappa shape index (κ2) is 6.17. The molecule has 0 saturated heterocycles. The van der Waals surface area contributed by atoms with Gasteiger partial charge in [-0.05, 0) is 18.7 Å². The maximum Gasteiger partial charge on any atom is 0.321 e. The number of rotatable bonds is 6. The van der Waals surface area contributed by atoms with Gasteiger partial charge in [-0.3, -0.25) is 4.79 Å². The summed E-state index contributed by atoms with van der Waals surface area (Å²) in [7, 11) is 0. The predicted molar refractivity (Wildman–Crippen MR) is 75.4 cm³/mol. The van der Waals surface area contributed by atoms with Gasteiger partial charge in [0.1, 0.15) is 6.04 Å². The molecule has 0 aliphatic rings. The van der Waals surface area contributed by atoms with E-state index in [2.05, 4.69) is 10.3 Å². The Bertz CT molecular complexity index is 509. The number of carbonyl (C=O) groups is 1. The molecule has 96 valence electrons. The number of carboxylic acids is 1. The molecule has 1 heterocycles. The average Bonchev–Trinajstić information content (AvgIpc) is 2.76. The molecule has 0 bridgehead atoms. The Morgan fingerprint density at radius 1 is 1.56 bits per heavy atom. The van der Waals surface area contributed by atoms with Gasteiger partial charge in [0, 0.05) is 5.75 Å². The summed E-state index contributed by atoms with van der Waals surface area (Å²) >= 11 is 3.09. The zero-order chi connectivity index (χ0) is 13.0. The van der Waals surface area contributed by atoms with Crippen molar-refractivity contribution in [3.8, 4) is 0 Å². The molecule has 1 unspecified atom stereocenters. The van der Waals surface area contributed by atoms with Crippen LogP contribution in [0.4, 0.5) is 0 Å². The van der Waals surface area contributed by atoms with Crippen LogP contribution in [0.3, 0.4) is 0 Å². The van der Waals surface area contributed by atoms with Crippen LogP contribution in [0.25, 0.3) is 10.2 Å². The Labute approximate surface area is 113 Å². The number of nitrogens with one attached hydrogen (secondary N) is 1. The van der Waals surface area contributed by atoms with Gasteiger partial charge in [-0.1, -0.05) is 30.8 Å². The largest absolute Gasteiger partial charge is 0.480 e. The number of hydrogen-bond donors (Lipinski definition) is 2. The molecule has 0 radical (unpaired) electrons. The molecule has 6 heteroatoms. The van der Waals surface area contributed by atoms with E-state index in [0.29, 0.717) is 12.3 Å². The van der Waals surface area contributed by atoms with E-state index < -0.39 is 12.0 Å². The maximum absolute atomic E-state index is 11.0. The third kappa shape index (κ3) is 3.22. The van der Waals surface area contributed by atoms with Gasteiger partial charge in [0.25, 0.3) is 0 Å². The highest BCUT2D eigenvalue weighted by molar-refractivity contribution is 8.01. The summed E-state index contributed by atoms with van der Waals surface area (Å²) in [6, 6.07) is 7.40. The van der Waals surface area contributed by atoms with Crippen molar-refractivity contribution in [2.45, 2.75) is 17.3 Å². The Kier molecular flexibility index (Phi) is 4.57. The van der Waals surface area contributed by atoms with Crippen LogP contribution in [-0.2, 0) is 4.79 Å². The first-order valence-corrected chi connectivity index (χ1v) is 7.45. The van der Waals surface area contributed by atoms with Gasteiger partial charge in [-0.15, -0.1) is 11.3 Å². The number of benzene rings is 1. The van der Waals surface area contributed by atoms with E-state index >= 15 is 0 Å². The molecule has 18 heavy (non-hydrogen) atoms. The smallest absolute Gasteiger partial charge is 0.321 e. The monoisotopic (exact) mass is 282 g/mol. The van der Waals surface area contributed by atoms with E-state index in [9.17, 15) is 4.79 Å². The van der Waals surface area contributed by atoms with E-state index in [-0.39, 0.29) is 0 Å². The average molecular weight is 282 g/mol. The van der Waals surface area contributed by atoms with E-state index in [1.54, 1.807) is 11.3 Å². The van der Waals surface area contributed by atoms with Gasteiger partial charge < -0.3 is 10.4 Å². The summed E-state index contributed by atoms with van der Waals surface area (Å²) in [5.41, 5.74) is 0.973. The topological polar surface area (TPSA) is 62.2 Å². The predicted octanol–water partition coefficient (Wildman–Crippen LogP) is 2.45. The lowest BCUT2D eigenvalue weighted by molar-refractivity contribution is -0.138. The lowest BCUT2D eigenvalue weighted by atomic mass is 10.3. The molecule has 0 aliphatic heterocycles. The van der Waals surface area contributed by atoms with Crippen molar-refractivity contribution in [1.82, 2.24) is 10.3 Å². The van der Waals surface area contributed by atoms with E-state index in [0.717, 1.165) is 14.6 Å². The Balaban J connectivity index is 2.02. The van der Waals surface area contributed by atoms with Crippen LogP contribution in [0.1, 0.15) is 6.92 Å². The summed E-state index contributed by atoms with van der Waals surface area (Å²) in [6.45, 7) is 2.55. The first-order chi connectivity index (χ1) is 8.70. The van der Waals surface area contributed by atoms with Crippen molar-refractivity contribution in [3.05, 3.63) is 24.3 Å². The quantitative estimate of drug-likeness (QED) is 0.797. The number of thioether (sulfide) groups is 1. The number of hydrogen-bond acceptors (Lipinski definition) is 5. The third-order valence-corrected chi connectivity index (χ3v) is 4.67. The second-order valence-electron chi connectivity index (χ2n) is 3.71. The van der Waals surface area contributed by atoms with Crippen LogP contribution in [0.2, 0.25) is 0 Å². The first-order valence-electron chi connectivity index (χ1n) is 5.65. The molecular formula is C12H14N2O2S2. The van der Waals surface area contributed by atoms with Crippen molar-refractivity contribution < 1.29 is 9.90 Å². The fourth-order valence-electron chi connectivity index (χ4n) is 1.53. The van der Waals surface area contributed by atoms with Crippen LogP contribution in [0.15, 0.2) is 28.6 Å². The Morgan fingerprint density at radius 3 is 3.00 bits per heavy atom. The number of para-hydroxylation sites is 1. The molecule has 0 fully saturated rings. The third-order valence-electron chi connectivity index (χ3n) is 2.40. The molecule has 1 aromatic carbocycles. The van der Waals surface area contributed by atoms with Gasteiger partial charge in [-0.2, -0.15) is 0 Å². The van der Waals surface area contributed by atoms with Gasteiger partial charge in [-0.25, -0.2) is 4.98 Å². The molecule has 2 rings (SSSR count). The number of nitrogens with zero attached hydrogens (tertiary/aromatic N) is 1. The molecule has 1 atom stereocenters. The molecular weight excluding hydrogens is 268 g/mol. The number of thiazole rings is 1. The van der Waals surface area contributed by atoms with Gasteiger partial charge in [0.15, 0.2) is 4.34 Å². The fourth-order valence-corrected chi connectivity index (χ4v) is 3.67. The van der Waals surface area contributed by atoms with Crippen LogP contribution >= 0.6 is 23.1 Å². The normalized spacial score (nSPS) is 12.7. The number of aliphatic carboxylic acids is 1. The van der Waals surface area contributed by atoms with Crippen molar-refractivity contribution in [1.29, 1.82) is 0 Å². The lowest BCUT2D eigenvalue weighted by Gasteiger charge is -2.10. The van der Waals surface area contributed by atoms with E-state index in [4.69, 9.17) is 5.11 Å². The molecule has 1 aromatic heterocycles. The number of aromatic nitrogens is 1. The zero-order valence-corrected chi connectivity index (χ0v) is 11.6. The van der Waals surface area contributed by atoms with Crippen molar-refractivity contribution in [2.75, 3.05) is 12.3 Å². The van der Waals surface area contributed by atoms with Crippen molar-refractivity contribution in [3.63, 3.8) is 0 Å². The first kappa shape index (κ1) is 13.3. The SMILES string of the molecule is CCNC(CSc1nc2ccccc2s1)C(=O)O. The highest BCUT2D eigenvalue weighted by atomic mass is 32.2. The summed E-state index contributed by atoms with van der Waals surface area (Å²) in [6.07, 6.45) is 0. The minimum absolute atomic E-state index is 0.489. The number of likely N-dealkylation sites (N-methyl/N-ethyl adjacent to an activating group) is 1. The molecule has 0 saturated carbocycles. The van der Waals surface area contributed by atoms with Crippen LogP contribution in [0.5, 0.6) is 0 Å². The molecule has 0 amide bonds. The fraction of sp³-hybridized carbons (Fsp3) is 0.333. The minimum Gasteiger partial charge on any atom is -0.480 e. The van der Waals surface area contributed by atoms with Crippen LogP contribution in [-0.4, -0.2) is 34.4 Å². The number of carboxylic acid groups (broad SMARTS) is 1. The van der Waals surface area contributed by atoms with E-state index in [1.807, 2.05) is 31.2 Å². The number of fused-ring (bicyclic) bond motifs is 1. The highest BCUT2D eigenvalue weighted by Gasteiger charge is 2.17. The Hall–Kier alpha value is -1.11. The molecule has 2 aromatic rings.